The van der Waals surface area contributed by atoms with Crippen LogP contribution >= 0.6 is 23.2 Å². The molecule has 0 aromatic rings. The molecule has 1 nitrogen and oxygen atoms in total. The van der Waals surface area contributed by atoms with E-state index in [9.17, 15) is 0 Å². The number of piperidine rings is 1. The molecule has 1 heterocycles. The van der Waals surface area contributed by atoms with Gasteiger partial charge >= 0.3 is 0 Å². The van der Waals surface area contributed by atoms with E-state index in [4.69, 9.17) is 23.2 Å². The van der Waals surface area contributed by atoms with Crippen molar-refractivity contribution in [3.8, 4) is 0 Å². The molecule has 0 aliphatic carbocycles. The molecule has 1 rings (SSSR count). The Bertz CT molecular complexity index is 67.1. The Balaban J connectivity index is 0.000000187. The Kier molecular flexibility index (Phi) is 6.40. The monoisotopic (exact) mass is 197 g/mol. The van der Waals surface area contributed by atoms with Crippen LogP contribution < -0.4 is 5.32 Å². The fraction of sp³-hybridized carbons (Fsp3) is 1.00. The average Bonchev–Trinajstić information content (AvgIpc) is 1.88. The molecular formula is C8H17Cl2N. The fourth-order valence-electron chi connectivity index (χ4n) is 0.802. The van der Waals surface area contributed by atoms with Gasteiger partial charge in [-0.1, -0.05) is 6.42 Å². The zero-order valence-electron chi connectivity index (χ0n) is 7.29. The van der Waals surface area contributed by atoms with Crippen molar-refractivity contribution in [3.63, 3.8) is 0 Å². The van der Waals surface area contributed by atoms with Crippen LogP contribution in [0.2, 0.25) is 0 Å². The normalized spacial score (nSPS) is 18.5. The number of nitrogens with one attached hydrogen (secondary N) is 1. The van der Waals surface area contributed by atoms with Gasteiger partial charge in [0.15, 0.2) is 0 Å². The third kappa shape index (κ3) is 18.0. The van der Waals surface area contributed by atoms with Crippen LogP contribution in [-0.2, 0) is 0 Å². The molecule has 0 bridgehead atoms. The van der Waals surface area contributed by atoms with Gasteiger partial charge in [-0.15, -0.1) is 23.2 Å². The van der Waals surface area contributed by atoms with E-state index in [-0.39, 0.29) is 0 Å². The molecule has 0 aromatic heterocycles. The number of hydrogen-bond acceptors (Lipinski definition) is 1. The minimum Gasteiger partial charge on any atom is -0.317 e. The van der Waals surface area contributed by atoms with Gasteiger partial charge < -0.3 is 5.32 Å². The summed E-state index contributed by atoms with van der Waals surface area (Å²) in [5.74, 6) is 0. The van der Waals surface area contributed by atoms with Gasteiger partial charge in [-0.3, -0.25) is 0 Å². The molecule has 0 atom stereocenters. The van der Waals surface area contributed by atoms with Gasteiger partial charge in [0.1, 0.15) is 4.33 Å². The highest BCUT2D eigenvalue weighted by molar-refractivity contribution is 6.47. The van der Waals surface area contributed by atoms with Crippen molar-refractivity contribution in [1.82, 2.24) is 5.32 Å². The maximum absolute atomic E-state index is 5.30. The summed E-state index contributed by atoms with van der Waals surface area (Å²) < 4.78 is -0.556. The van der Waals surface area contributed by atoms with Gasteiger partial charge in [0.25, 0.3) is 0 Å². The smallest absolute Gasteiger partial charge is 0.112 e. The maximum Gasteiger partial charge on any atom is 0.112 e. The van der Waals surface area contributed by atoms with Crippen molar-refractivity contribution in [2.45, 2.75) is 37.4 Å². The Labute approximate surface area is 79.5 Å². The third-order valence-electron chi connectivity index (χ3n) is 1.21. The van der Waals surface area contributed by atoms with Crippen molar-refractivity contribution in [3.05, 3.63) is 0 Å². The number of hydrogen-bond donors (Lipinski definition) is 1. The second kappa shape index (κ2) is 6.10. The van der Waals surface area contributed by atoms with Crippen LogP contribution in [0.15, 0.2) is 0 Å². The fourth-order valence-corrected chi connectivity index (χ4v) is 0.802. The van der Waals surface area contributed by atoms with Crippen LogP contribution in [-0.4, -0.2) is 17.4 Å². The zero-order valence-corrected chi connectivity index (χ0v) is 8.80. The van der Waals surface area contributed by atoms with Gasteiger partial charge in [-0.2, -0.15) is 0 Å². The molecule has 0 amide bonds. The molecule has 0 unspecified atom stereocenters. The largest absolute Gasteiger partial charge is 0.317 e. The van der Waals surface area contributed by atoms with Crippen LogP contribution in [0, 0.1) is 0 Å². The van der Waals surface area contributed by atoms with E-state index in [1.165, 1.54) is 32.4 Å². The average molecular weight is 198 g/mol. The molecule has 0 spiro atoms. The minimum absolute atomic E-state index is 0.556. The molecule has 1 fully saturated rings. The van der Waals surface area contributed by atoms with E-state index in [2.05, 4.69) is 5.32 Å². The van der Waals surface area contributed by atoms with Crippen molar-refractivity contribution >= 4 is 23.2 Å². The number of rotatable bonds is 0. The van der Waals surface area contributed by atoms with Crippen molar-refractivity contribution in [2.24, 2.45) is 0 Å². The molecule has 68 valence electrons. The molecule has 0 saturated carbocycles. The van der Waals surface area contributed by atoms with E-state index in [0.717, 1.165) is 0 Å². The molecule has 0 aromatic carbocycles. The van der Waals surface area contributed by atoms with Crippen LogP contribution in [0.1, 0.15) is 33.1 Å². The number of halogens is 2. The van der Waals surface area contributed by atoms with Crippen LogP contribution in [0.5, 0.6) is 0 Å². The quantitative estimate of drug-likeness (QED) is 0.590. The zero-order chi connectivity index (χ0) is 8.74. The summed E-state index contributed by atoms with van der Waals surface area (Å²) >= 11 is 10.6. The molecule has 3 heteroatoms. The summed E-state index contributed by atoms with van der Waals surface area (Å²) in [4.78, 5) is 0. The highest BCUT2D eigenvalue weighted by Crippen LogP contribution is 2.16. The lowest BCUT2D eigenvalue weighted by molar-refractivity contribution is 0.520. The molecule has 1 N–H and O–H groups in total. The summed E-state index contributed by atoms with van der Waals surface area (Å²) in [5, 5.41) is 3.28. The van der Waals surface area contributed by atoms with Gasteiger partial charge in [-0.25, -0.2) is 0 Å². The Morgan fingerprint density at radius 3 is 1.45 bits per heavy atom. The summed E-state index contributed by atoms with van der Waals surface area (Å²) in [6, 6.07) is 0. The molecule has 1 aliphatic heterocycles. The second-order valence-corrected chi connectivity index (χ2v) is 5.22. The van der Waals surface area contributed by atoms with Crippen LogP contribution in [0.4, 0.5) is 0 Å². The van der Waals surface area contributed by atoms with E-state index < -0.39 is 4.33 Å². The van der Waals surface area contributed by atoms with Crippen LogP contribution in [0.25, 0.3) is 0 Å². The first kappa shape index (κ1) is 11.5. The molecule has 1 aliphatic rings. The summed E-state index contributed by atoms with van der Waals surface area (Å²) in [7, 11) is 0. The second-order valence-electron chi connectivity index (χ2n) is 3.14. The molecule has 11 heavy (non-hydrogen) atoms. The van der Waals surface area contributed by atoms with Crippen molar-refractivity contribution in [2.75, 3.05) is 13.1 Å². The first-order valence-electron chi connectivity index (χ1n) is 4.09. The van der Waals surface area contributed by atoms with E-state index in [1.807, 2.05) is 0 Å². The highest BCUT2D eigenvalue weighted by atomic mass is 35.5. The van der Waals surface area contributed by atoms with Gasteiger partial charge in [0.05, 0.1) is 0 Å². The summed E-state index contributed by atoms with van der Waals surface area (Å²) in [6.07, 6.45) is 4.22. The van der Waals surface area contributed by atoms with Gasteiger partial charge in [0, 0.05) is 0 Å². The van der Waals surface area contributed by atoms with Crippen molar-refractivity contribution in [1.29, 1.82) is 0 Å². The van der Waals surface area contributed by atoms with E-state index in [0.29, 0.717) is 0 Å². The topological polar surface area (TPSA) is 12.0 Å². The standard InChI is InChI=1S/C5H11N.C3H6Cl2/c1-2-4-6-5-3-1;1-3(2,4)5/h6H,1-5H2;1-2H3. The molecule has 0 radical (unpaired) electrons. The Morgan fingerprint density at radius 2 is 1.36 bits per heavy atom. The number of alkyl halides is 2. The van der Waals surface area contributed by atoms with E-state index >= 15 is 0 Å². The predicted molar refractivity (Wildman–Crippen MR) is 52.5 cm³/mol. The summed E-state index contributed by atoms with van der Waals surface area (Å²) in [6.45, 7) is 5.94. The highest BCUT2D eigenvalue weighted by Gasteiger charge is 2.03. The van der Waals surface area contributed by atoms with E-state index in [1.54, 1.807) is 13.8 Å². The minimum atomic E-state index is -0.556. The molecule has 1 saturated heterocycles. The lowest BCUT2D eigenvalue weighted by atomic mass is 10.2. The first-order chi connectivity index (χ1) is 5.00. The molecular weight excluding hydrogens is 181 g/mol. The van der Waals surface area contributed by atoms with Gasteiger partial charge in [0.2, 0.25) is 0 Å². The van der Waals surface area contributed by atoms with Gasteiger partial charge in [-0.05, 0) is 39.8 Å². The lowest BCUT2D eigenvalue weighted by Gasteiger charge is -2.08. The lowest BCUT2D eigenvalue weighted by Crippen LogP contribution is -2.21. The summed E-state index contributed by atoms with van der Waals surface area (Å²) in [5.41, 5.74) is 0. The Morgan fingerprint density at radius 1 is 1.00 bits per heavy atom. The predicted octanol–water partition coefficient (Wildman–Crippen LogP) is 2.96. The maximum atomic E-state index is 5.30. The SMILES string of the molecule is C1CCNCC1.CC(C)(Cl)Cl. The first-order valence-corrected chi connectivity index (χ1v) is 4.84. The Hall–Kier alpha value is 0.540. The third-order valence-corrected chi connectivity index (χ3v) is 1.21. The van der Waals surface area contributed by atoms with Crippen molar-refractivity contribution < 1.29 is 0 Å². The van der Waals surface area contributed by atoms with Crippen LogP contribution in [0.3, 0.4) is 0 Å².